The zero-order valence-electron chi connectivity index (χ0n) is 7.92. The first-order valence-electron chi connectivity index (χ1n) is 4.26. The molecule has 0 amide bonds. The van der Waals surface area contributed by atoms with Crippen LogP contribution in [0.5, 0.6) is 0 Å². The molecule has 0 spiro atoms. The van der Waals surface area contributed by atoms with E-state index in [4.69, 9.17) is 10.3 Å². The predicted octanol–water partition coefficient (Wildman–Crippen LogP) is 2.51. The van der Waals surface area contributed by atoms with Crippen LogP contribution in [0.4, 0.5) is 14.5 Å². The minimum absolute atomic E-state index is 0.106. The average Bonchev–Trinajstić information content (AvgIpc) is 2.61. The molecule has 0 fully saturated rings. The number of benzene rings is 1. The van der Waals surface area contributed by atoms with Crippen LogP contribution in [0.1, 0.15) is 5.69 Å². The van der Waals surface area contributed by atoms with Gasteiger partial charge >= 0.3 is 0 Å². The molecular formula is C10H8F2N2O. The molecule has 2 aromatic rings. The first-order valence-corrected chi connectivity index (χ1v) is 4.26. The monoisotopic (exact) mass is 210 g/mol. The maximum atomic E-state index is 13.5. The van der Waals surface area contributed by atoms with Crippen LogP contribution in [0.25, 0.3) is 11.3 Å². The second-order valence-electron chi connectivity index (χ2n) is 3.16. The van der Waals surface area contributed by atoms with Crippen molar-refractivity contribution in [2.24, 2.45) is 0 Å². The van der Waals surface area contributed by atoms with Gasteiger partial charge in [0.2, 0.25) is 0 Å². The van der Waals surface area contributed by atoms with Crippen LogP contribution in [-0.4, -0.2) is 5.16 Å². The predicted molar refractivity (Wildman–Crippen MR) is 51.0 cm³/mol. The van der Waals surface area contributed by atoms with Gasteiger partial charge in [-0.3, -0.25) is 0 Å². The Balaban J connectivity index is 2.59. The van der Waals surface area contributed by atoms with Crippen molar-refractivity contribution in [1.82, 2.24) is 5.16 Å². The Kier molecular flexibility index (Phi) is 2.15. The molecule has 1 aromatic carbocycles. The summed E-state index contributed by atoms with van der Waals surface area (Å²) in [4.78, 5) is 0. The first-order chi connectivity index (χ1) is 7.09. The molecule has 2 N–H and O–H groups in total. The summed E-state index contributed by atoms with van der Waals surface area (Å²) in [5, 5.41) is 3.61. The molecule has 0 saturated carbocycles. The fourth-order valence-electron chi connectivity index (χ4n) is 1.25. The van der Waals surface area contributed by atoms with Gasteiger partial charge in [0, 0.05) is 6.07 Å². The van der Waals surface area contributed by atoms with Crippen molar-refractivity contribution in [2.45, 2.75) is 6.92 Å². The lowest BCUT2D eigenvalue weighted by Gasteiger charge is -2.02. The van der Waals surface area contributed by atoms with Gasteiger partial charge in [0.1, 0.15) is 11.5 Å². The molecule has 0 aliphatic heterocycles. The summed E-state index contributed by atoms with van der Waals surface area (Å²) in [6.07, 6.45) is 0. The van der Waals surface area contributed by atoms with E-state index in [2.05, 4.69) is 5.16 Å². The highest BCUT2D eigenvalue weighted by Crippen LogP contribution is 2.28. The van der Waals surface area contributed by atoms with Gasteiger partial charge in [-0.1, -0.05) is 5.16 Å². The Morgan fingerprint density at radius 2 is 2.07 bits per heavy atom. The summed E-state index contributed by atoms with van der Waals surface area (Å²) >= 11 is 0. The van der Waals surface area contributed by atoms with E-state index in [-0.39, 0.29) is 11.3 Å². The highest BCUT2D eigenvalue weighted by atomic mass is 19.1. The number of nitrogens with zero attached hydrogens (tertiary/aromatic N) is 1. The zero-order valence-corrected chi connectivity index (χ0v) is 7.92. The van der Waals surface area contributed by atoms with E-state index in [9.17, 15) is 8.78 Å². The summed E-state index contributed by atoms with van der Waals surface area (Å²) in [6.45, 7) is 1.71. The van der Waals surface area contributed by atoms with E-state index in [1.54, 1.807) is 13.0 Å². The molecule has 0 radical (unpaired) electrons. The third-order valence-corrected chi connectivity index (χ3v) is 2.02. The van der Waals surface area contributed by atoms with Gasteiger partial charge in [0.25, 0.3) is 0 Å². The molecule has 5 heteroatoms. The number of hydrogen-bond acceptors (Lipinski definition) is 3. The molecule has 0 aliphatic rings. The van der Waals surface area contributed by atoms with Gasteiger partial charge in [-0.2, -0.15) is 0 Å². The topological polar surface area (TPSA) is 52.0 Å². The molecule has 0 aliphatic carbocycles. The maximum absolute atomic E-state index is 13.5. The molecule has 0 bridgehead atoms. The van der Waals surface area contributed by atoms with Crippen LogP contribution >= 0.6 is 0 Å². The van der Waals surface area contributed by atoms with Gasteiger partial charge in [-0.05, 0) is 19.1 Å². The van der Waals surface area contributed by atoms with E-state index in [1.165, 1.54) is 6.07 Å². The van der Waals surface area contributed by atoms with Crippen molar-refractivity contribution in [1.29, 1.82) is 0 Å². The summed E-state index contributed by atoms with van der Waals surface area (Å²) in [7, 11) is 0. The molecular weight excluding hydrogens is 202 g/mol. The number of halogens is 2. The van der Waals surface area contributed by atoms with Crippen molar-refractivity contribution in [3.05, 3.63) is 35.5 Å². The lowest BCUT2D eigenvalue weighted by Crippen LogP contribution is -1.97. The quantitative estimate of drug-likeness (QED) is 0.736. The van der Waals surface area contributed by atoms with Crippen molar-refractivity contribution >= 4 is 5.69 Å². The van der Waals surface area contributed by atoms with Crippen LogP contribution < -0.4 is 5.73 Å². The Hall–Kier alpha value is -1.91. The average molecular weight is 210 g/mol. The summed E-state index contributed by atoms with van der Waals surface area (Å²) in [5.41, 5.74) is 5.43. The lowest BCUT2D eigenvalue weighted by molar-refractivity contribution is 0.424. The van der Waals surface area contributed by atoms with Crippen molar-refractivity contribution < 1.29 is 13.3 Å². The molecule has 0 atom stereocenters. The fraction of sp³-hybridized carbons (Fsp3) is 0.100. The zero-order chi connectivity index (χ0) is 11.0. The van der Waals surface area contributed by atoms with E-state index in [0.717, 1.165) is 6.07 Å². The molecule has 3 nitrogen and oxygen atoms in total. The van der Waals surface area contributed by atoms with Gasteiger partial charge in [0.05, 0.1) is 11.3 Å². The van der Waals surface area contributed by atoms with Gasteiger partial charge in [0.15, 0.2) is 11.6 Å². The van der Waals surface area contributed by atoms with Crippen molar-refractivity contribution in [2.75, 3.05) is 5.73 Å². The molecule has 1 heterocycles. The summed E-state index contributed by atoms with van der Waals surface area (Å²) in [6, 6.07) is 3.91. The molecule has 2 rings (SSSR count). The van der Waals surface area contributed by atoms with Crippen LogP contribution in [0.3, 0.4) is 0 Å². The van der Waals surface area contributed by atoms with Crippen molar-refractivity contribution in [3.8, 4) is 11.3 Å². The number of hydrogen-bond donors (Lipinski definition) is 1. The molecule has 15 heavy (non-hydrogen) atoms. The van der Waals surface area contributed by atoms with Gasteiger partial charge in [-0.25, -0.2) is 8.78 Å². The number of aryl methyl sites for hydroxylation is 1. The van der Waals surface area contributed by atoms with Crippen molar-refractivity contribution in [3.63, 3.8) is 0 Å². The highest BCUT2D eigenvalue weighted by molar-refractivity contribution is 5.64. The Bertz CT molecular complexity index is 508. The van der Waals surface area contributed by atoms with Gasteiger partial charge < -0.3 is 10.3 Å². The number of anilines is 1. The second kappa shape index (κ2) is 3.34. The molecule has 0 saturated heterocycles. The van der Waals surface area contributed by atoms with Crippen LogP contribution in [0, 0.1) is 18.6 Å². The van der Waals surface area contributed by atoms with Gasteiger partial charge in [-0.15, -0.1) is 0 Å². The minimum Gasteiger partial charge on any atom is -0.394 e. The SMILES string of the molecule is Cc1cc(-c2ccc(F)c(N)c2F)on1. The van der Waals surface area contributed by atoms with E-state index in [1.807, 2.05) is 0 Å². The third kappa shape index (κ3) is 1.56. The Morgan fingerprint density at radius 1 is 1.33 bits per heavy atom. The number of nitrogens with two attached hydrogens (primary N) is 1. The Morgan fingerprint density at radius 3 is 2.67 bits per heavy atom. The lowest BCUT2D eigenvalue weighted by atomic mass is 10.1. The third-order valence-electron chi connectivity index (χ3n) is 2.02. The van der Waals surface area contributed by atoms with E-state index >= 15 is 0 Å². The largest absolute Gasteiger partial charge is 0.394 e. The van der Waals surface area contributed by atoms with E-state index < -0.39 is 17.3 Å². The minimum atomic E-state index is -0.828. The van der Waals surface area contributed by atoms with Crippen LogP contribution in [0.2, 0.25) is 0 Å². The molecule has 78 valence electrons. The van der Waals surface area contributed by atoms with Crippen LogP contribution in [-0.2, 0) is 0 Å². The summed E-state index contributed by atoms with van der Waals surface area (Å²) in [5.74, 6) is -1.38. The van der Waals surface area contributed by atoms with Crippen LogP contribution in [0.15, 0.2) is 22.7 Å². The number of nitrogen functional groups attached to an aromatic ring is 1. The Labute approximate surface area is 84.5 Å². The number of aromatic nitrogens is 1. The standard InChI is InChI=1S/C10H8F2N2O/c1-5-4-8(15-14-5)6-2-3-7(11)10(13)9(6)12/h2-4H,13H2,1H3. The maximum Gasteiger partial charge on any atom is 0.170 e. The highest BCUT2D eigenvalue weighted by Gasteiger charge is 2.15. The smallest absolute Gasteiger partial charge is 0.170 e. The normalized spacial score (nSPS) is 10.6. The summed E-state index contributed by atoms with van der Waals surface area (Å²) < 4.78 is 31.2. The first kappa shape index (κ1) is 9.64. The molecule has 1 aromatic heterocycles. The van der Waals surface area contributed by atoms with E-state index in [0.29, 0.717) is 5.69 Å². The second-order valence-corrected chi connectivity index (χ2v) is 3.16. The molecule has 0 unspecified atom stereocenters. The fourth-order valence-corrected chi connectivity index (χ4v) is 1.25. The number of rotatable bonds is 1.